The number of carbonyl (C=O) groups excluding carboxylic acids is 2. The van der Waals surface area contributed by atoms with Crippen molar-refractivity contribution in [3.8, 4) is 0 Å². The van der Waals surface area contributed by atoms with Gasteiger partial charge in [0.1, 0.15) is 12.1 Å². The van der Waals surface area contributed by atoms with E-state index in [1.165, 1.54) is 6.42 Å². The fraction of sp³-hybridized carbons (Fsp3) is 0.621. The van der Waals surface area contributed by atoms with Gasteiger partial charge in [0.25, 0.3) is 0 Å². The SMILES string of the molecule is Cn1cc2c(n1)CCC(NC(=O)[C@@H]1CCCN1C(=O)[C@@H](CC1CCCCC1)NS(=O)(=O)Cc1ccccc1)C2. The van der Waals surface area contributed by atoms with E-state index in [0.29, 0.717) is 30.9 Å². The second-order valence-electron chi connectivity index (χ2n) is 11.6. The molecule has 2 fully saturated rings. The van der Waals surface area contributed by atoms with Crippen molar-refractivity contribution >= 4 is 21.8 Å². The van der Waals surface area contributed by atoms with Crippen molar-refractivity contribution in [3.63, 3.8) is 0 Å². The topological polar surface area (TPSA) is 113 Å². The van der Waals surface area contributed by atoms with Crippen LogP contribution in [0.3, 0.4) is 0 Å². The number of carbonyl (C=O) groups is 2. The summed E-state index contributed by atoms with van der Waals surface area (Å²) in [4.78, 5) is 29.0. The first kappa shape index (κ1) is 27.8. The monoisotopic (exact) mass is 555 g/mol. The van der Waals surface area contributed by atoms with E-state index in [2.05, 4.69) is 15.1 Å². The van der Waals surface area contributed by atoms with Crippen LogP contribution in [0.25, 0.3) is 0 Å². The van der Waals surface area contributed by atoms with Gasteiger partial charge in [0.2, 0.25) is 21.8 Å². The van der Waals surface area contributed by atoms with Crippen molar-refractivity contribution in [3.05, 3.63) is 53.3 Å². The minimum Gasteiger partial charge on any atom is -0.351 e. The smallest absolute Gasteiger partial charge is 0.243 e. The minimum absolute atomic E-state index is 0.00848. The van der Waals surface area contributed by atoms with Gasteiger partial charge in [-0.2, -0.15) is 5.10 Å². The standard InChI is InChI=1S/C29H41N5O4S/c1-33-19-23-18-24(14-15-25(23)31-33)30-28(35)27-13-8-16-34(27)29(36)26(17-21-9-4-2-5-10-21)32-39(37,38)20-22-11-6-3-7-12-22/h3,6-7,11-12,19,21,24,26-27,32H,2,4-5,8-10,13-18,20H2,1H3,(H,30,35)/t24?,26-,27+/m1/s1. The third-order valence-corrected chi connectivity index (χ3v) is 9.84. The Balaban J connectivity index is 1.27. The van der Waals surface area contributed by atoms with E-state index in [-0.39, 0.29) is 23.6 Å². The molecule has 0 spiro atoms. The second kappa shape index (κ2) is 12.2. The summed E-state index contributed by atoms with van der Waals surface area (Å²) >= 11 is 0. The molecule has 10 heteroatoms. The number of hydrogen-bond acceptors (Lipinski definition) is 5. The quantitative estimate of drug-likeness (QED) is 0.494. The van der Waals surface area contributed by atoms with E-state index in [4.69, 9.17) is 0 Å². The van der Waals surface area contributed by atoms with Crippen molar-refractivity contribution in [2.75, 3.05) is 6.54 Å². The van der Waals surface area contributed by atoms with E-state index in [0.717, 1.165) is 62.6 Å². The van der Waals surface area contributed by atoms with Crippen LogP contribution in [-0.2, 0) is 45.3 Å². The number of aromatic nitrogens is 2. The van der Waals surface area contributed by atoms with Crippen LogP contribution in [-0.4, -0.2) is 59.6 Å². The molecule has 9 nitrogen and oxygen atoms in total. The van der Waals surface area contributed by atoms with Crippen molar-refractivity contribution in [2.24, 2.45) is 13.0 Å². The van der Waals surface area contributed by atoms with Crippen LogP contribution in [0.5, 0.6) is 0 Å². The molecule has 3 atom stereocenters. The maximum Gasteiger partial charge on any atom is 0.243 e. The number of amides is 2. The van der Waals surface area contributed by atoms with Crippen molar-refractivity contribution in [1.82, 2.24) is 24.7 Å². The molecule has 1 saturated carbocycles. The van der Waals surface area contributed by atoms with Gasteiger partial charge in [-0.05, 0) is 55.6 Å². The number of benzene rings is 1. The number of aryl methyl sites for hydroxylation is 2. The van der Waals surface area contributed by atoms with Gasteiger partial charge in [0.15, 0.2) is 0 Å². The van der Waals surface area contributed by atoms with Crippen LogP contribution in [0.4, 0.5) is 0 Å². The summed E-state index contributed by atoms with van der Waals surface area (Å²) in [6, 6.07) is 7.60. The number of sulfonamides is 1. The van der Waals surface area contributed by atoms with Gasteiger partial charge in [-0.15, -0.1) is 0 Å². The molecule has 1 unspecified atom stereocenters. The molecule has 212 valence electrons. The molecule has 0 radical (unpaired) electrons. The third-order valence-electron chi connectivity index (χ3n) is 8.49. The summed E-state index contributed by atoms with van der Waals surface area (Å²) in [5.41, 5.74) is 2.93. The Morgan fingerprint density at radius 3 is 2.59 bits per heavy atom. The molecule has 2 aliphatic carbocycles. The first-order valence-electron chi connectivity index (χ1n) is 14.4. The Hall–Kier alpha value is -2.72. The van der Waals surface area contributed by atoms with Crippen molar-refractivity contribution in [2.45, 2.75) is 94.5 Å². The number of likely N-dealkylation sites (tertiary alicyclic amines) is 1. The zero-order valence-electron chi connectivity index (χ0n) is 22.8. The third kappa shape index (κ3) is 7.08. The van der Waals surface area contributed by atoms with Gasteiger partial charge in [-0.25, -0.2) is 13.1 Å². The van der Waals surface area contributed by atoms with E-state index in [1.807, 2.05) is 36.1 Å². The highest BCUT2D eigenvalue weighted by molar-refractivity contribution is 7.88. The first-order valence-corrected chi connectivity index (χ1v) is 16.1. The lowest BCUT2D eigenvalue weighted by molar-refractivity contribution is -0.140. The number of hydrogen-bond donors (Lipinski definition) is 2. The minimum atomic E-state index is -3.75. The maximum absolute atomic E-state index is 13.9. The number of nitrogens with zero attached hydrogens (tertiary/aromatic N) is 3. The zero-order chi connectivity index (χ0) is 27.4. The summed E-state index contributed by atoms with van der Waals surface area (Å²) in [5, 5.41) is 7.68. The first-order chi connectivity index (χ1) is 18.8. The normalized spacial score (nSPS) is 22.8. The number of nitrogens with one attached hydrogen (secondary N) is 2. The van der Waals surface area contributed by atoms with Crippen LogP contribution in [0.15, 0.2) is 36.5 Å². The lowest BCUT2D eigenvalue weighted by Gasteiger charge is -2.32. The van der Waals surface area contributed by atoms with Gasteiger partial charge in [-0.1, -0.05) is 62.4 Å². The van der Waals surface area contributed by atoms with Gasteiger partial charge in [0, 0.05) is 25.8 Å². The molecule has 1 aliphatic heterocycles. The average Bonchev–Trinajstić information content (AvgIpc) is 3.54. The fourth-order valence-corrected chi connectivity index (χ4v) is 7.92. The highest BCUT2D eigenvalue weighted by Crippen LogP contribution is 2.29. The predicted octanol–water partition coefficient (Wildman–Crippen LogP) is 2.84. The van der Waals surface area contributed by atoms with E-state index in [9.17, 15) is 18.0 Å². The van der Waals surface area contributed by atoms with Crippen LogP contribution in [0, 0.1) is 5.92 Å². The molecule has 1 aromatic heterocycles. The second-order valence-corrected chi connectivity index (χ2v) is 13.3. The molecular formula is C29H41N5O4S. The summed E-state index contributed by atoms with van der Waals surface area (Å²) in [7, 11) is -1.84. The van der Waals surface area contributed by atoms with Crippen LogP contribution in [0.2, 0.25) is 0 Å². The maximum atomic E-state index is 13.9. The highest BCUT2D eigenvalue weighted by atomic mass is 32.2. The Kier molecular flexibility index (Phi) is 8.71. The van der Waals surface area contributed by atoms with E-state index >= 15 is 0 Å². The fourth-order valence-electron chi connectivity index (χ4n) is 6.57. The summed E-state index contributed by atoms with van der Waals surface area (Å²) in [6.45, 7) is 0.468. The van der Waals surface area contributed by atoms with Gasteiger partial charge in [-0.3, -0.25) is 14.3 Å². The molecule has 5 rings (SSSR count). The number of rotatable bonds is 9. The van der Waals surface area contributed by atoms with Crippen LogP contribution >= 0.6 is 0 Å². The Labute approximate surface area is 231 Å². The Morgan fingerprint density at radius 1 is 1.05 bits per heavy atom. The molecule has 1 saturated heterocycles. The lowest BCUT2D eigenvalue weighted by Crippen LogP contribution is -2.55. The van der Waals surface area contributed by atoms with Gasteiger partial charge < -0.3 is 10.2 Å². The highest BCUT2D eigenvalue weighted by Gasteiger charge is 2.40. The molecule has 2 N–H and O–H groups in total. The summed E-state index contributed by atoms with van der Waals surface area (Å²) in [5.74, 6) is -0.280. The van der Waals surface area contributed by atoms with E-state index < -0.39 is 22.1 Å². The van der Waals surface area contributed by atoms with Crippen LogP contribution in [0.1, 0.15) is 74.6 Å². The molecule has 39 heavy (non-hydrogen) atoms. The molecule has 2 aromatic rings. The molecule has 0 bridgehead atoms. The summed E-state index contributed by atoms with van der Waals surface area (Å²) in [6.07, 6.45) is 11.6. The van der Waals surface area contributed by atoms with Crippen molar-refractivity contribution < 1.29 is 18.0 Å². The van der Waals surface area contributed by atoms with E-state index in [1.54, 1.807) is 17.0 Å². The van der Waals surface area contributed by atoms with Crippen LogP contribution < -0.4 is 10.0 Å². The Morgan fingerprint density at radius 2 is 1.82 bits per heavy atom. The largest absolute Gasteiger partial charge is 0.351 e. The molecular weight excluding hydrogens is 514 g/mol. The number of fused-ring (bicyclic) bond motifs is 1. The summed E-state index contributed by atoms with van der Waals surface area (Å²) < 4.78 is 30.9. The predicted molar refractivity (Wildman–Crippen MR) is 149 cm³/mol. The van der Waals surface area contributed by atoms with Gasteiger partial charge in [0.05, 0.1) is 11.4 Å². The molecule has 3 aliphatic rings. The van der Waals surface area contributed by atoms with Crippen molar-refractivity contribution in [1.29, 1.82) is 0 Å². The average molecular weight is 556 g/mol. The molecule has 2 heterocycles. The zero-order valence-corrected chi connectivity index (χ0v) is 23.7. The lowest BCUT2D eigenvalue weighted by atomic mass is 9.84. The Bertz CT molecular complexity index is 1260. The molecule has 1 aromatic carbocycles. The van der Waals surface area contributed by atoms with Gasteiger partial charge >= 0.3 is 0 Å². The molecule has 2 amide bonds.